The molecule has 10 heteroatoms. The van der Waals surface area contributed by atoms with Crippen LogP contribution in [0.1, 0.15) is 19.4 Å². The Morgan fingerprint density at radius 3 is 2.43 bits per heavy atom. The summed E-state index contributed by atoms with van der Waals surface area (Å²) < 4.78 is 33.5. The molecule has 30 heavy (non-hydrogen) atoms. The van der Waals surface area contributed by atoms with Gasteiger partial charge in [-0.05, 0) is 63.0 Å². The number of hydrazone groups is 1. The van der Waals surface area contributed by atoms with Gasteiger partial charge in [0.2, 0.25) is 5.91 Å². The Morgan fingerprint density at radius 2 is 1.87 bits per heavy atom. The highest BCUT2D eigenvalue weighted by molar-refractivity contribution is 9.11. The maximum atomic E-state index is 13.5. The van der Waals surface area contributed by atoms with Gasteiger partial charge in [-0.1, -0.05) is 12.1 Å². The molecule has 0 bridgehead atoms. The van der Waals surface area contributed by atoms with Gasteiger partial charge in [0.25, 0.3) is 11.8 Å². The second kappa shape index (κ2) is 8.43. The highest BCUT2D eigenvalue weighted by atomic mass is 79.9. The largest absolute Gasteiger partial charge is 0.494 e. The Bertz CT molecular complexity index is 1030. The summed E-state index contributed by atoms with van der Waals surface area (Å²) in [6.07, 6.45) is 0. The summed E-state index contributed by atoms with van der Waals surface area (Å²) in [5.41, 5.74) is 0.658. The van der Waals surface area contributed by atoms with Crippen molar-refractivity contribution in [1.29, 1.82) is 0 Å². The number of methoxy groups -OCH3 is 1. The molecule has 0 spiro atoms. The third-order valence-corrected chi connectivity index (χ3v) is 5.64. The van der Waals surface area contributed by atoms with Crippen LogP contribution in [0.2, 0.25) is 0 Å². The molecule has 2 aromatic rings. The monoisotopic (exact) mass is 543 g/mol. The number of ether oxygens (including phenoxy) is 1. The first-order valence-electron chi connectivity index (χ1n) is 8.74. The maximum absolute atomic E-state index is 13.5. The van der Waals surface area contributed by atoms with Crippen molar-refractivity contribution < 1.29 is 23.1 Å². The average molecular weight is 545 g/mol. The zero-order valence-electron chi connectivity index (χ0n) is 16.2. The van der Waals surface area contributed by atoms with Gasteiger partial charge < -0.3 is 10.1 Å². The lowest BCUT2D eigenvalue weighted by atomic mass is 10.0. The van der Waals surface area contributed by atoms with Gasteiger partial charge in [-0.25, -0.2) is 8.78 Å². The van der Waals surface area contributed by atoms with Crippen molar-refractivity contribution in [3.8, 4) is 5.75 Å². The minimum atomic E-state index is -3.05. The van der Waals surface area contributed by atoms with Gasteiger partial charge in [0.15, 0.2) is 5.92 Å². The molecule has 0 aliphatic carbocycles. The Balaban J connectivity index is 1.83. The molecule has 3 rings (SSSR count). The molecule has 2 aromatic carbocycles. The molecule has 0 saturated carbocycles. The molecule has 6 nitrogen and oxygen atoms in total. The maximum Gasteiger partial charge on any atom is 0.270 e. The summed E-state index contributed by atoms with van der Waals surface area (Å²) in [5.74, 6) is -4.87. The second-order valence-corrected chi connectivity index (χ2v) is 8.43. The molecular formula is C20H17Br2F2N3O3. The van der Waals surface area contributed by atoms with Crippen molar-refractivity contribution in [2.45, 2.75) is 19.8 Å². The number of halogens is 4. The van der Waals surface area contributed by atoms with Gasteiger partial charge in [0.1, 0.15) is 5.75 Å². The summed E-state index contributed by atoms with van der Waals surface area (Å²) in [6.45, 7) is 2.33. The first-order valence-corrected chi connectivity index (χ1v) is 10.3. The van der Waals surface area contributed by atoms with Crippen molar-refractivity contribution in [1.82, 2.24) is 0 Å². The molecule has 158 valence electrons. The van der Waals surface area contributed by atoms with E-state index in [1.165, 1.54) is 31.4 Å². The van der Waals surface area contributed by atoms with E-state index in [9.17, 15) is 18.4 Å². The molecule has 0 fully saturated rings. The predicted octanol–water partition coefficient (Wildman–Crippen LogP) is 5.31. The highest BCUT2D eigenvalue weighted by Crippen LogP contribution is 2.39. The molecule has 0 radical (unpaired) electrons. The fourth-order valence-corrected chi connectivity index (χ4v) is 4.49. The molecule has 1 atom stereocenters. The number of alkyl halides is 2. The van der Waals surface area contributed by atoms with E-state index in [4.69, 9.17) is 4.74 Å². The Labute approximate surface area is 188 Å². The average Bonchev–Trinajstić information content (AvgIpc) is 2.95. The topological polar surface area (TPSA) is 71.0 Å². The smallest absolute Gasteiger partial charge is 0.270 e. The highest BCUT2D eigenvalue weighted by Gasteiger charge is 2.40. The molecule has 1 unspecified atom stereocenters. The number of amides is 2. The van der Waals surface area contributed by atoms with Crippen LogP contribution in [0.25, 0.3) is 0 Å². The number of nitrogens with zero attached hydrogens (tertiary/aromatic N) is 2. The summed E-state index contributed by atoms with van der Waals surface area (Å²) in [6, 6.07) is 8.63. The predicted molar refractivity (Wildman–Crippen MR) is 117 cm³/mol. The standard InChI is InChI=1S/C20H17Br2F2N3O3/c1-10-16(18(28)25-12-6-4-5-11(7-12)20(2,23)24)19(29)27(26-10)13-8-14(21)17(30-3)15(22)9-13/h4-9,16H,1-3H3,(H,25,28). The van der Waals surface area contributed by atoms with Crippen LogP contribution in [0, 0.1) is 5.92 Å². The SMILES string of the molecule is COc1c(Br)cc(N2N=C(C)C(C(=O)Nc3cccc(C(C)(F)F)c3)C2=O)cc1Br. The van der Waals surface area contributed by atoms with Crippen molar-refractivity contribution in [3.05, 3.63) is 50.9 Å². The van der Waals surface area contributed by atoms with Crippen LogP contribution < -0.4 is 15.1 Å². The summed E-state index contributed by atoms with van der Waals surface area (Å²) in [4.78, 5) is 25.7. The Morgan fingerprint density at radius 1 is 1.23 bits per heavy atom. The van der Waals surface area contributed by atoms with Crippen LogP contribution in [-0.4, -0.2) is 24.6 Å². The first kappa shape index (κ1) is 22.4. The lowest BCUT2D eigenvalue weighted by molar-refractivity contribution is -0.127. The number of anilines is 2. The fourth-order valence-electron chi connectivity index (χ4n) is 3.00. The number of nitrogens with one attached hydrogen (secondary N) is 1. The minimum absolute atomic E-state index is 0.174. The van der Waals surface area contributed by atoms with Gasteiger partial charge >= 0.3 is 0 Å². The molecular weight excluding hydrogens is 528 g/mol. The van der Waals surface area contributed by atoms with Crippen LogP contribution in [0.3, 0.4) is 0 Å². The Kier molecular flexibility index (Phi) is 6.28. The van der Waals surface area contributed by atoms with Crippen LogP contribution in [0.15, 0.2) is 50.4 Å². The van der Waals surface area contributed by atoms with Crippen molar-refractivity contribution in [3.63, 3.8) is 0 Å². The van der Waals surface area contributed by atoms with Crippen LogP contribution in [0.5, 0.6) is 5.75 Å². The number of carbonyl (C=O) groups excluding carboxylic acids is 2. The number of hydrogen-bond acceptors (Lipinski definition) is 4. The first-order chi connectivity index (χ1) is 14.0. The summed E-state index contributed by atoms with van der Waals surface area (Å²) in [7, 11) is 1.51. The van der Waals surface area contributed by atoms with E-state index in [1.807, 2.05) is 0 Å². The lowest BCUT2D eigenvalue weighted by Gasteiger charge is -2.17. The van der Waals surface area contributed by atoms with E-state index in [0.717, 1.165) is 11.9 Å². The van der Waals surface area contributed by atoms with Crippen LogP contribution in [0.4, 0.5) is 20.2 Å². The molecule has 1 N–H and O–H groups in total. The second-order valence-electron chi connectivity index (χ2n) is 6.73. The van der Waals surface area contributed by atoms with Crippen LogP contribution in [-0.2, 0) is 15.5 Å². The number of hydrogen-bond donors (Lipinski definition) is 1. The minimum Gasteiger partial charge on any atom is -0.494 e. The van der Waals surface area contributed by atoms with E-state index >= 15 is 0 Å². The van der Waals surface area contributed by atoms with Gasteiger partial charge in [-0.15, -0.1) is 0 Å². The lowest BCUT2D eigenvalue weighted by Crippen LogP contribution is -2.36. The van der Waals surface area contributed by atoms with Crippen molar-refractivity contribution in [2.24, 2.45) is 11.0 Å². The van der Waals surface area contributed by atoms with Gasteiger partial charge in [-0.2, -0.15) is 10.1 Å². The van der Waals surface area contributed by atoms with E-state index in [1.54, 1.807) is 19.1 Å². The van der Waals surface area contributed by atoms with Gasteiger partial charge in [-0.3, -0.25) is 9.59 Å². The van der Waals surface area contributed by atoms with E-state index < -0.39 is 23.7 Å². The third-order valence-electron chi connectivity index (χ3n) is 4.46. The molecule has 2 amide bonds. The molecule has 0 saturated heterocycles. The quantitative estimate of drug-likeness (QED) is 0.519. The van der Waals surface area contributed by atoms with E-state index in [-0.39, 0.29) is 17.0 Å². The molecule has 0 aromatic heterocycles. The van der Waals surface area contributed by atoms with Gasteiger partial charge in [0, 0.05) is 18.2 Å². The fraction of sp³-hybridized carbons (Fsp3) is 0.250. The Hall–Kier alpha value is -2.33. The van der Waals surface area contributed by atoms with E-state index in [2.05, 4.69) is 42.3 Å². The molecule has 1 aliphatic rings. The zero-order valence-corrected chi connectivity index (χ0v) is 19.3. The summed E-state index contributed by atoms with van der Waals surface area (Å²) in [5, 5.41) is 7.88. The van der Waals surface area contributed by atoms with Crippen molar-refractivity contribution >= 4 is 60.8 Å². The van der Waals surface area contributed by atoms with Crippen molar-refractivity contribution in [2.75, 3.05) is 17.4 Å². The number of carbonyl (C=O) groups is 2. The third kappa shape index (κ3) is 4.39. The number of benzene rings is 2. The summed E-state index contributed by atoms with van der Waals surface area (Å²) >= 11 is 6.74. The van der Waals surface area contributed by atoms with Gasteiger partial charge in [0.05, 0.1) is 27.5 Å². The normalized spacial score (nSPS) is 16.5. The van der Waals surface area contributed by atoms with Crippen LogP contribution >= 0.6 is 31.9 Å². The zero-order chi connectivity index (χ0) is 22.2. The molecule has 1 aliphatic heterocycles. The number of rotatable bonds is 5. The molecule has 1 heterocycles. The van der Waals surface area contributed by atoms with E-state index in [0.29, 0.717) is 20.4 Å².